The molecule has 72 valence electrons. The summed E-state index contributed by atoms with van der Waals surface area (Å²) in [5.41, 5.74) is 2.47. The van der Waals surface area contributed by atoms with Crippen LogP contribution >= 0.6 is 0 Å². The van der Waals surface area contributed by atoms with E-state index in [-0.39, 0.29) is 6.04 Å². The summed E-state index contributed by atoms with van der Waals surface area (Å²) in [6.07, 6.45) is 0. The number of fused-ring (bicyclic) bond motifs is 3. The van der Waals surface area contributed by atoms with E-state index in [0.29, 0.717) is 5.92 Å². The minimum Gasteiger partial charge on any atom is -0.493 e. The summed E-state index contributed by atoms with van der Waals surface area (Å²) in [6, 6.07) is 6.52. The zero-order valence-corrected chi connectivity index (χ0v) is 8.10. The maximum Gasteiger partial charge on any atom is 0.124 e. The lowest BCUT2D eigenvalue weighted by Gasteiger charge is -2.26. The predicted molar refractivity (Wildman–Crippen MR) is 52.6 cm³/mol. The summed E-state index contributed by atoms with van der Waals surface area (Å²) in [7, 11) is 0. The van der Waals surface area contributed by atoms with Gasteiger partial charge in [-0.2, -0.15) is 10.2 Å². The molecule has 1 aromatic carbocycles. The lowest BCUT2D eigenvalue weighted by molar-refractivity contribution is 0.214. The Kier molecular flexibility index (Phi) is 1.60. The molecule has 0 saturated heterocycles. The van der Waals surface area contributed by atoms with Crippen molar-refractivity contribution in [3.05, 3.63) is 29.3 Å². The largest absolute Gasteiger partial charge is 0.493 e. The fourth-order valence-electron chi connectivity index (χ4n) is 2.12. The van der Waals surface area contributed by atoms with E-state index in [1.165, 1.54) is 11.1 Å². The summed E-state index contributed by atoms with van der Waals surface area (Å²) in [5.74, 6) is 1.45. The van der Waals surface area contributed by atoms with Crippen molar-refractivity contribution in [2.45, 2.75) is 13.0 Å². The molecular formula is C11H12N2O. The van der Waals surface area contributed by atoms with Crippen LogP contribution in [0.2, 0.25) is 0 Å². The Hall–Kier alpha value is -1.38. The lowest BCUT2D eigenvalue weighted by atomic mass is 9.91. The first kappa shape index (κ1) is 7.97. The number of hydrogen-bond donors (Lipinski definition) is 0. The van der Waals surface area contributed by atoms with Crippen LogP contribution in [0.15, 0.2) is 28.4 Å². The van der Waals surface area contributed by atoms with Crippen molar-refractivity contribution in [3.8, 4) is 5.75 Å². The summed E-state index contributed by atoms with van der Waals surface area (Å²) in [6.45, 7) is 3.67. The Morgan fingerprint density at radius 2 is 2.36 bits per heavy atom. The summed E-state index contributed by atoms with van der Waals surface area (Å²) >= 11 is 0. The van der Waals surface area contributed by atoms with Gasteiger partial charge in [-0.05, 0) is 13.0 Å². The first-order chi connectivity index (χ1) is 6.84. The maximum atomic E-state index is 5.67. The lowest BCUT2D eigenvalue weighted by Crippen LogP contribution is -2.24. The Morgan fingerprint density at radius 1 is 1.43 bits per heavy atom. The summed E-state index contributed by atoms with van der Waals surface area (Å²) in [4.78, 5) is 0. The van der Waals surface area contributed by atoms with Gasteiger partial charge in [0.1, 0.15) is 11.8 Å². The molecule has 0 N–H and O–H groups in total. The van der Waals surface area contributed by atoms with Crippen LogP contribution in [0.5, 0.6) is 5.75 Å². The molecule has 14 heavy (non-hydrogen) atoms. The van der Waals surface area contributed by atoms with Crippen LogP contribution < -0.4 is 4.74 Å². The molecule has 2 heterocycles. The first-order valence-corrected chi connectivity index (χ1v) is 4.94. The molecule has 0 fully saturated rings. The molecule has 0 aromatic heterocycles. The third-order valence-electron chi connectivity index (χ3n) is 2.91. The van der Waals surface area contributed by atoms with Crippen molar-refractivity contribution in [2.75, 3.05) is 13.2 Å². The zero-order chi connectivity index (χ0) is 9.54. The number of azo groups is 1. The minimum atomic E-state index is 0.249. The van der Waals surface area contributed by atoms with Gasteiger partial charge in [0, 0.05) is 11.5 Å². The maximum absolute atomic E-state index is 5.67. The number of aryl methyl sites for hydroxylation is 1. The fraction of sp³-hybridized carbons (Fsp3) is 0.455. The van der Waals surface area contributed by atoms with Crippen molar-refractivity contribution in [1.29, 1.82) is 0 Å². The van der Waals surface area contributed by atoms with Gasteiger partial charge in [-0.1, -0.05) is 17.7 Å². The van der Waals surface area contributed by atoms with Gasteiger partial charge < -0.3 is 4.74 Å². The van der Waals surface area contributed by atoms with Crippen molar-refractivity contribution in [3.63, 3.8) is 0 Å². The van der Waals surface area contributed by atoms with E-state index in [9.17, 15) is 0 Å². The number of nitrogens with zero attached hydrogens (tertiary/aromatic N) is 2. The molecule has 0 aliphatic carbocycles. The monoisotopic (exact) mass is 188 g/mol. The Morgan fingerprint density at radius 3 is 3.29 bits per heavy atom. The second-order valence-corrected chi connectivity index (χ2v) is 4.00. The van der Waals surface area contributed by atoms with Crippen molar-refractivity contribution in [1.82, 2.24) is 0 Å². The molecule has 2 unspecified atom stereocenters. The van der Waals surface area contributed by atoms with E-state index >= 15 is 0 Å². The molecule has 0 spiro atoms. The second kappa shape index (κ2) is 2.80. The van der Waals surface area contributed by atoms with Crippen molar-refractivity contribution < 1.29 is 4.74 Å². The predicted octanol–water partition coefficient (Wildman–Crippen LogP) is 2.51. The van der Waals surface area contributed by atoms with Gasteiger partial charge in [0.2, 0.25) is 0 Å². The van der Waals surface area contributed by atoms with E-state index < -0.39 is 0 Å². The number of ether oxygens (including phenoxy) is 1. The van der Waals surface area contributed by atoms with Gasteiger partial charge in [0.15, 0.2) is 0 Å². The highest BCUT2D eigenvalue weighted by molar-refractivity contribution is 5.41. The van der Waals surface area contributed by atoms with E-state index in [1.807, 2.05) is 6.07 Å². The Labute approximate surface area is 82.8 Å². The van der Waals surface area contributed by atoms with Crippen LogP contribution in [0.4, 0.5) is 0 Å². The molecule has 2 aliphatic rings. The molecule has 3 heteroatoms. The third-order valence-corrected chi connectivity index (χ3v) is 2.91. The summed E-state index contributed by atoms with van der Waals surface area (Å²) < 4.78 is 5.67. The molecule has 0 radical (unpaired) electrons. The van der Waals surface area contributed by atoms with Crippen molar-refractivity contribution >= 4 is 0 Å². The topological polar surface area (TPSA) is 34.0 Å². The van der Waals surface area contributed by atoms with Crippen LogP contribution in [0.1, 0.15) is 17.2 Å². The molecule has 0 saturated carbocycles. The SMILES string of the molecule is Cc1ccc2c(c1)C1N=NCC1CO2. The molecule has 1 aromatic rings. The van der Waals surface area contributed by atoms with Gasteiger partial charge in [-0.25, -0.2) is 0 Å². The van der Waals surface area contributed by atoms with Gasteiger partial charge in [0.25, 0.3) is 0 Å². The highest BCUT2D eigenvalue weighted by Gasteiger charge is 2.34. The second-order valence-electron chi connectivity index (χ2n) is 4.00. The number of benzene rings is 1. The van der Waals surface area contributed by atoms with Gasteiger partial charge in [-0.3, -0.25) is 0 Å². The Bertz CT molecular complexity index is 400. The molecule has 0 amide bonds. The quantitative estimate of drug-likeness (QED) is 0.616. The average molecular weight is 188 g/mol. The van der Waals surface area contributed by atoms with Crippen LogP contribution in [0.25, 0.3) is 0 Å². The molecule has 0 bridgehead atoms. The number of rotatable bonds is 0. The van der Waals surface area contributed by atoms with E-state index in [4.69, 9.17) is 4.74 Å². The van der Waals surface area contributed by atoms with Crippen LogP contribution in [-0.2, 0) is 0 Å². The summed E-state index contributed by atoms with van der Waals surface area (Å²) in [5, 5.41) is 8.39. The van der Waals surface area contributed by atoms with E-state index in [0.717, 1.165) is 18.9 Å². The highest BCUT2D eigenvalue weighted by atomic mass is 16.5. The van der Waals surface area contributed by atoms with Gasteiger partial charge in [0.05, 0.1) is 13.2 Å². The first-order valence-electron chi connectivity index (χ1n) is 4.94. The highest BCUT2D eigenvalue weighted by Crippen LogP contribution is 2.41. The van der Waals surface area contributed by atoms with E-state index in [1.54, 1.807) is 0 Å². The van der Waals surface area contributed by atoms with E-state index in [2.05, 4.69) is 29.3 Å². The smallest absolute Gasteiger partial charge is 0.124 e. The fourth-order valence-corrected chi connectivity index (χ4v) is 2.12. The van der Waals surface area contributed by atoms with Crippen LogP contribution in [0, 0.1) is 12.8 Å². The molecule has 3 rings (SSSR count). The van der Waals surface area contributed by atoms with Gasteiger partial charge >= 0.3 is 0 Å². The Balaban J connectivity index is 2.11. The third kappa shape index (κ3) is 1.05. The zero-order valence-electron chi connectivity index (χ0n) is 8.10. The number of hydrogen-bond acceptors (Lipinski definition) is 3. The normalized spacial score (nSPS) is 28.1. The molecular weight excluding hydrogens is 176 g/mol. The molecule has 3 nitrogen and oxygen atoms in total. The standard InChI is InChI=1S/C11H12N2O/c1-7-2-3-10-9(4-7)11-8(6-14-10)5-12-13-11/h2-4,8,11H,5-6H2,1H3. The molecule has 2 aliphatic heterocycles. The van der Waals surface area contributed by atoms with Gasteiger partial charge in [-0.15, -0.1) is 0 Å². The minimum absolute atomic E-state index is 0.249. The van der Waals surface area contributed by atoms with Crippen molar-refractivity contribution in [2.24, 2.45) is 16.1 Å². The average Bonchev–Trinajstić information content (AvgIpc) is 2.65. The van der Waals surface area contributed by atoms with Crippen LogP contribution in [-0.4, -0.2) is 13.2 Å². The molecule has 2 atom stereocenters. The van der Waals surface area contributed by atoms with Crippen LogP contribution in [0.3, 0.4) is 0 Å².